The molecule has 82 valence electrons. The van der Waals surface area contributed by atoms with Crippen LogP contribution in [-0.2, 0) is 4.79 Å². The van der Waals surface area contributed by atoms with Gasteiger partial charge < -0.3 is 11.1 Å². The van der Waals surface area contributed by atoms with E-state index in [0.717, 1.165) is 5.69 Å². The second kappa shape index (κ2) is 4.64. The van der Waals surface area contributed by atoms with Crippen molar-refractivity contribution in [3.63, 3.8) is 0 Å². The molecule has 0 spiro atoms. The Balaban J connectivity index is 2.55. The molecular formula is C11H15ClN2O. The van der Waals surface area contributed by atoms with Crippen LogP contribution in [0.2, 0.25) is 5.02 Å². The number of carbonyl (C=O) groups is 1. The molecule has 1 aromatic rings. The standard InChI is InChI=1S/C11H15ClN2O/c1-11(2,13)7-10(15)14-9-5-3-8(12)4-6-9/h3-6H,7,13H2,1-2H3,(H,14,15). The van der Waals surface area contributed by atoms with E-state index in [2.05, 4.69) is 5.32 Å². The smallest absolute Gasteiger partial charge is 0.226 e. The molecule has 0 aliphatic carbocycles. The minimum atomic E-state index is -0.490. The summed E-state index contributed by atoms with van der Waals surface area (Å²) in [6.07, 6.45) is 0.287. The predicted molar refractivity (Wildman–Crippen MR) is 63.0 cm³/mol. The molecular weight excluding hydrogens is 212 g/mol. The number of carbonyl (C=O) groups excluding carboxylic acids is 1. The van der Waals surface area contributed by atoms with Crippen LogP contribution in [0.25, 0.3) is 0 Å². The molecule has 0 aliphatic rings. The Morgan fingerprint density at radius 2 is 1.93 bits per heavy atom. The van der Waals surface area contributed by atoms with E-state index in [-0.39, 0.29) is 12.3 Å². The van der Waals surface area contributed by atoms with Gasteiger partial charge in [0.2, 0.25) is 5.91 Å². The highest BCUT2D eigenvalue weighted by Crippen LogP contribution is 2.14. The lowest BCUT2D eigenvalue weighted by atomic mass is 10.0. The Morgan fingerprint density at radius 3 is 2.40 bits per heavy atom. The Hall–Kier alpha value is -1.06. The van der Waals surface area contributed by atoms with E-state index >= 15 is 0 Å². The third kappa shape index (κ3) is 4.81. The number of nitrogens with two attached hydrogens (primary N) is 1. The first-order chi connectivity index (χ1) is 6.87. The number of rotatable bonds is 3. The molecule has 0 saturated carbocycles. The first-order valence-electron chi connectivity index (χ1n) is 4.71. The molecule has 0 aliphatic heterocycles. The summed E-state index contributed by atoms with van der Waals surface area (Å²) in [5, 5.41) is 3.39. The highest BCUT2D eigenvalue weighted by atomic mass is 35.5. The molecule has 0 fully saturated rings. The zero-order chi connectivity index (χ0) is 11.5. The average molecular weight is 227 g/mol. The quantitative estimate of drug-likeness (QED) is 0.832. The molecule has 15 heavy (non-hydrogen) atoms. The molecule has 0 unspecified atom stereocenters. The number of hydrogen-bond donors (Lipinski definition) is 2. The fraction of sp³-hybridized carbons (Fsp3) is 0.364. The van der Waals surface area contributed by atoms with Gasteiger partial charge in [-0.25, -0.2) is 0 Å². The van der Waals surface area contributed by atoms with Gasteiger partial charge >= 0.3 is 0 Å². The van der Waals surface area contributed by atoms with Crippen LogP contribution in [0.15, 0.2) is 24.3 Å². The molecule has 0 aromatic heterocycles. The van der Waals surface area contributed by atoms with Crippen LogP contribution in [0.1, 0.15) is 20.3 Å². The number of nitrogens with one attached hydrogen (secondary N) is 1. The van der Waals surface area contributed by atoms with Gasteiger partial charge in [0.1, 0.15) is 0 Å². The molecule has 1 amide bonds. The van der Waals surface area contributed by atoms with Gasteiger partial charge in [0.25, 0.3) is 0 Å². The zero-order valence-corrected chi connectivity index (χ0v) is 9.64. The maximum Gasteiger partial charge on any atom is 0.226 e. The topological polar surface area (TPSA) is 55.1 Å². The number of amides is 1. The van der Waals surface area contributed by atoms with E-state index in [1.165, 1.54) is 0 Å². The van der Waals surface area contributed by atoms with Gasteiger partial charge in [-0.05, 0) is 38.1 Å². The number of anilines is 1. The molecule has 1 rings (SSSR count). The summed E-state index contributed by atoms with van der Waals surface area (Å²) in [6.45, 7) is 3.63. The second-order valence-corrected chi connectivity index (χ2v) is 4.66. The normalized spacial score (nSPS) is 11.2. The molecule has 0 heterocycles. The zero-order valence-electron chi connectivity index (χ0n) is 8.88. The molecule has 3 nitrogen and oxygen atoms in total. The van der Waals surface area contributed by atoms with Crippen LogP contribution in [-0.4, -0.2) is 11.4 Å². The van der Waals surface area contributed by atoms with Crippen molar-refractivity contribution in [2.24, 2.45) is 5.73 Å². The SMILES string of the molecule is CC(C)(N)CC(=O)Nc1ccc(Cl)cc1. The summed E-state index contributed by atoms with van der Waals surface area (Å²) in [5.74, 6) is -0.0928. The van der Waals surface area contributed by atoms with Crippen molar-refractivity contribution in [3.05, 3.63) is 29.3 Å². The van der Waals surface area contributed by atoms with Crippen LogP contribution in [0.3, 0.4) is 0 Å². The van der Waals surface area contributed by atoms with Gasteiger partial charge in [-0.1, -0.05) is 11.6 Å². The Bertz CT molecular complexity index is 341. The van der Waals surface area contributed by atoms with Crippen molar-refractivity contribution < 1.29 is 4.79 Å². The number of benzene rings is 1. The Kier molecular flexibility index (Phi) is 3.72. The van der Waals surface area contributed by atoms with Crippen LogP contribution in [0.4, 0.5) is 5.69 Å². The van der Waals surface area contributed by atoms with Gasteiger partial charge in [0.15, 0.2) is 0 Å². The third-order valence-corrected chi connectivity index (χ3v) is 2.00. The summed E-state index contributed by atoms with van der Waals surface area (Å²) < 4.78 is 0. The maximum absolute atomic E-state index is 11.5. The largest absolute Gasteiger partial charge is 0.326 e. The lowest BCUT2D eigenvalue weighted by Gasteiger charge is -2.17. The number of hydrogen-bond acceptors (Lipinski definition) is 2. The van der Waals surface area contributed by atoms with Gasteiger partial charge in [-0.15, -0.1) is 0 Å². The van der Waals surface area contributed by atoms with Gasteiger partial charge in [0, 0.05) is 22.7 Å². The first kappa shape index (κ1) is 12.0. The minimum absolute atomic E-state index is 0.0928. The van der Waals surface area contributed by atoms with Crippen LogP contribution < -0.4 is 11.1 Å². The summed E-state index contributed by atoms with van der Waals surface area (Å²) >= 11 is 5.72. The van der Waals surface area contributed by atoms with Crippen LogP contribution in [0, 0.1) is 0 Å². The number of halogens is 1. The minimum Gasteiger partial charge on any atom is -0.326 e. The fourth-order valence-corrected chi connectivity index (χ4v) is 1.28. The third-order valence-electron chi connectivity index (χ3n) is 1.74. The van der Waals surface area contributed by atoms with E-state index in [9.17, 15) is 4.79 Å². The van der Waals surface area contributed by atoms with Crippen molar-refractivity contribution in [3.8, 4) is 0 Å². The highest BCUT2D eigenvalue weighted by Gasteiger charge is 2.16. The van der Waals surface area contributed by atoms with E-state index in [1.54, 1.807) is 24.3 Å². The van der Waals surface area contributed by atoms with Crippen molar-refractivity contribution >= 4 is 23.2 Å². The molecule has 0 atom stereocenters. The summed E-state index contributed by atoms with van der Waals surface area (Å²) in [5.41, 5.74) is 5.97. The molecule has 3 N–H and O–H groups in total. The molecule has 0 radical (unpaired) electrons. The first-order valence-corrected chi connectivity index (χ1v) is 5.09. The summed E-state index contributed by atoms with van der Waals surface area (Å²) in [6, 6.07) is 6.96. The van der Waals surface area contributed by atoms with E-state index in [4.69, 9.17) is 17.3 Å². The van der Waals surface area contributed by atoms with Crippen LogP contribution in [0.5, 0.6) is 0 Å². The van der Waals surface area contributed by atoms with Crippen molar-refractivity contribution in [2.75, 3.05) is 5.32 Å². The van der Waals surface area contributed by atoms with Crippen molar-refractivity contribution in [1.82, 2.24) is 0 Å². The monoisotopic (exact) mass is 226 g/mol. The molecule has 4 heteroatoms. The molecule has 1 aromatic carbocycles. The second-order valence-electron chi connectivity index (χ2n) is 4.22. The van der Waals surface area contributed by atoms with E-state index < -0.39 is 5.54 Å². The summed E-state index contributed by atoms with van der Waals surface area (Å²) in [4.78, 5) is 11.5. The Labute approximate surface area is 94.6 Å². The van der Waals surface area contributed by atoms with Gasteiger partial charge in [0.05, 0.1) is 0 Å². The predicted octanol–water partition coefficient (Wildman–Crippen LogP) is 2.41. The lowest BCUT2D eigenvalue weighted by Crippen LogP contribution is -2.36. The highest BCUT2D eigenvalue weighted by molar-refractivity contribution is 6.30. The summed E-state index contributed by atoms with van der Waals surface area (Å²) in [7, 11) is 0. The molecule has 0 saturated heterocycles. The van der Waals surface area contributed by atoms with Gasteiger partial charge in [-0.3, -0.25) is 4.79 Å². The van der Waals surface area contributed by atoms with E-state index in [1.807, 2.05) is 13.8 Å². The average Bonchev–Trinajstić information content (AvgIpc) is 2.05. The fourth-order valence-electron chi connectivity index (χ4n) is 1.15. The maximum atomic E-state index is 11.5. The molecule has 0 bridgehead atoms. The van der Waals surface area contributed by atoms with Gasteiger partial charge in [-0.2, -0.15) is 0 Å². The van der Waals surface area contributed by atoms with Crippen molar-refractivity contribution in [2.45, 2.75) is 25.8 Å². The van der Waals surface area contributed by atoms with Crippen LogP contribution >= 0.6 is 11.6 Å². The Morgan fingerprint density at radius 1 is 1.40 bits per heavy atom. The van der Waals surface area contributed by atoms with E-state index in [0.29, 0.717) is 5.02 Å². The van der Waals surface area contributed by atoms with Crippen molar-refractivity contribution in [1.29, 1.82) is 0 Å². The lowest BCUT2D eigenvalue weighted by molar-refractivity contribution is -0.117.